The van der Waals surface area contributed by atoms with Gasteiger partial charge in [0.05, 0.1) is 12.8 Å². The first-order valence-electron chi connectivity index (χ1n) is 9.59. The van der Waals surface area contributed by atoms with Crippen molar-refractivity contribution in [1.82, 2.24) is 9.80 Å². The molecule has 6 nitrogen and oxygen atoms in total. The number of methoxy groups -OCH3 is 1. The number of amides is 2. The highest BCUT2D eigenvalue weighted by atomic mass is 16.5. The minimum absolute atomic E-state index is 0.0291. The predicted molar refractivity (Wildman–Crippen MR) is 110 cm³/mol. The van der Waals surface area contributed by atoms with Gasteiger partial charge in [0, 0.05) is 37.3 Å². The fraction of sp³-hybridized carbons (Fsp3) is 0.364. The summed E-state index contributed by atoms with van der Waals surface area (Å²) in [4.78, 5) is 29.7. The quantitative estimate of drug-likeness (QED) is 0.865. The highest BCUT2D eigenvalue weighted by Crippen LogP contribution is 2.26. The van der Waals surface area contributed by atoms with E-state index in [9.17, 15) is 9.59 Å². The largest absolute Gasteiger partial charge is 0.495 e. The van der Waals surface area contributed by atoms with Gasteiger partial charge in [-0.1, -0.05) is 19.1 Å². The number of ether oxygens (including phenoxy) is 1. The molecule has 0 unspecified atom stereocenters. The summed E-state index contributed by atoms with van der Waals surface area (Å²) in [5.74, 6) is 0.299. The van der Waals surface area contributed by atoms with Gasteiger partial charge in [-0.3, -0.25) is 9.59 Å². The van der Waals surface area contributed by atoms with E-state index in [1.54, 1.807) is 31.4 Å². The van der Waals surface area contributed by atoms with Crippen molar-refractivity contribution in [3.8, 4) is 5.75 Å². The molecule has 6 heteroatoms. The van der Waals surface area contributed by atoms with Gasteiger partial charge in [0.1, 0.15) is 5.75 Å². The number of nitrogens with one attached hydrogen (secondary N) is 1. The van der Waals surface area contributed by atoms with E-state index in [1.165, 1.54) is 0 Å². The molecule has 2 amide bonds. The average molecular weight is 381 g/mol. The van der Waals surface area contributed by atoms with Crippen molar-refractivity contribution in [3.63, 3.8) is 0 Å². The Hall–Kier alpha value is -2.86. The van der Waals surface area contributed by atoms with Crippen LogP contribution >= 0.6 is 0 Å². The lowest BCUT2D eigenvalue weighted by atomic mass is 10.1. The molecule has 0 spiro atoms. The molecule has 1 aliphatic heterocycles. The van der Waals surface area contributed by atoms with E-state index < -0.39 is 0 Å². The fourth-order valence-electron chi connectivity index (χ4n) is 3.36. The number of piperazine rings is 1. The van der Waals surface area contributed by atoms with E-state index in [1.807, 2.05) is 30.0 Å². The molecule has 148 valence electrons. The number of carbonyl (C=O) groups excluding carboxylic acids is 2. The Labute approximate surface area is 166 Å². The van der Waals surface area contributed by atoms with Crippen LogP contribution < -0.4 is 10.1 Å². The highest BCUT2D eigenvalue weighted by Gasteiger charge is 2.22. The third kappa shape index (κ3) is 4.51. The molecule has 1 heterocycles. The summed E-state index contributed by atoms with van der Waals surface area (Å²) in [6, 6.07) is 12.5. The molecular formula is C22H27N3O3. The minimum Gasteiger partial charge on any atom is -0.495 e. The van der Waals surface area contributed by atoms with Crippen molar-refractivity contribution in [2.24, 2.45) is 0 Å². The fourth-order valence-corrected chi connectivity index (χ4v) is 3.36. The number of likely N-dealkylation sites (N-methyl/N-ethyl adjacent to an activating group) is 1. The number of rotatable bonds is 5. The zero-order chi connectivity index (χ0) is 20.1. The summed E-state index contributed by atoms with van der Waals surface area (Å²) in [6.45, 7) is 8.27. The van der Waals surface area contributed by atoms with E-state index in [2.05, 4.69) is 17.1 Å². The molecule has 0 aromatic heterocycles. The number of carbonyl (C=O) groups is 2. The summed E-state index contributed by atoms with van der Waals surface area (Å²) in [7, 11) is 1.57. The summed E-state index contributed by atoms with van der Waals surface area (Å²) in [6.07, 6.45) is 0. The minimum atomic E-state index is -0.269. The normalized spacial score (nSPS) is 14.6. The number of benzene rings is 2. The Balaban J connectivity index is 1.73. The third-order valence-electron chi connectivity index (χ3n) is 5.08. The third-order valence-corrected chi connectivity index (χ3v) is 5.08. The van der Waals surface area contributed by atoms with E-state index in [4.69, 9.17) is 4.74 Å². The van der Waals surface area contributed by atoms with Crippen molar-refractivity contribution >= 4 is 17.5 Å². The molecule has 1 N–H and O–H groups in total. The first kappa shape index (κ1) is 19.9. The van der Waals surface area contributed by atoms with Crippen molar-refractivity contribution < 1.29 is 14.3 Å². The lowest BCUT2D eigenvalue weighted by Gasteiger charge is -2.34. The van der Waals surface area contributed by atoms with Crippen molar-refractivity contribution in [2.75, 3.05) is 45.2 Å². The lowest BCUT2D eigenvalue weighted by Crippen LogP contribution is -2.48. The second-order valence-electron chi connectivity index (χ2n) is 6.97. The van der Waals surface area contributed by atoms with Crippen molar-refractivity contribution in [2.45, 2.75) is 13.8 Å². The summed E-state index contributed by atoms with van der Waals surface area (Å²) >= 11 is 0. The monoisotopic (exact) mass is 381 g/mol. The lowest BCUT2D eigenvalue weighted by molar-refractivity contribution is 0.0643. The zero-order valence-electron chi connectivity index (χ0n) is 16.7. The Kier molecular flexibility index (Phi) is 6.31. The standard InChI is InChI=1S/C22H27N3O3/c1-4-24-10-12-25(13-11-24)22(27)18-7-5-6-17(15-18)21(26)23-19-14-16(2)8-9-20(19)28-3/h5-9,14-15H,4,10-13H2,1-3H3,(H,23,26). The topological polar surface area (TPSA) is 61.9 Å². The molecule has 0 atom stereocenters. The number of anilines is 1. The van der Waals surface area contributed by atoms with Crippen LogP contribution in [0.15, 0.2) is 42.5 Å². The van der Waals surface area contributed by atoms with E-state index >= 15 is 0 Å². The van der Waals surface area contributed by atoms with E-state index in [-0.39, 0.29) is 11.8 Å². The maximum absolute atomic E-state index is 12.8. The second kappa shape index (κ2) is 8.89. The van der Waals surface area contributed by atoms with Crippen LogP contribution in [0.4, 0.5) is 5.69 Å². The second-order valence-corrected chi connectivity index (χ2v) is 6.97. The summed E-state index contributed by atoms with van der Waals surface area (Å²) in [5, 5.41) is 2.88. The molecule has 0 saturated carbocycles. The predicted octanol–water partition coefficient (Wildman–Crippen LogP) is 3.03. The number of aryl methyl sites for hydroxylation is 1. The molecule has 3 rings (SSSR count). The van der Waals surface area contributed by atoms with Crippen LogP contribution in [0.5, 0.6) is 5.75 Å². The van der Waals surface area contributed by atoms with Crippen molar-refractivity contribution in [1.29, 1.82) is 0 Å². The Morgan fingerprint density at radius 1 is 1.04 bits per heavy atom. The van der Waals surface area contributed by atoms with Crippen LogP contribution in [0.3, 0.4) is 0 Å². The smallest absolute Gasteiger partial charge is 0.255 e. The number of hydrogen-bond acceptors (Lipinski definition) is 4. The average Bonchev–Trinajstić information content (AvgIpc) is 2.73. The first-order valence-corrected chi connectivity index (χ1v) is 9.59. The van der Waals surface area contributed by atoms with Gasteiger partial charge < -0.3 is 19.9 Å². The van der Waals surface area contributed by atoms with Crippen LogP contribution in [0.25, 0.3) is 0 Å². The van der Waals surface area contributed by atoms with Gasteiger partial charge in [-0.05, 0) is 49.4 Å². The molecular weight excluding hydrogens is 354 g/mol. The molecule has 0 bridgehead atoms. The van der Waals surface area contributed by atoms with Crippen molar-refractivity contribution in [3.05, 3.63) is 59.2 Å². The zero-order valence-corrected chi connectivity index (χ0v) is 16.7. The van der Waals surface area contributed by atoms with Gasteiger partial charge in [-0.15, -0.1) is 0 Å². The highest BCUT2D eigenvalue weighted by molar-refractivity contribution is 6.06. The van der Waals surface area contributed by atoms with Gasteiger partial charge >= 0.3 is 0 Å². The van der Waals surface area contributed by atoms with Gasteiger partial charge in [0.25, 0.3) is 11.8 Å². The molecule has 1 saturated heterocycles. The van der Waals surface area contributed by atoms with E-state index in [0.717, 1.165) is 25.2 Å². The van der Waals surface area contributed by atoms with E-state index in [0.29, 0.717) is 35.7 Å². The number of hydrogen-bond donors (Lipinski definition) is 1. The van der Waals surface area contributed by atoms with Gasteiger partial charge in [0.15, 0.2) is 0 Å². The van der Waals surface area contributed by atoms with Gasteiger partial charge in [-0.2, -0.15) is 0 Å². The maximum Gasteiger partial charge on any atom is 0.255 e. The Morgan fingerprint density at radius 3 is 2.43 bits per heavy atom. The van der Waals surface area contributed by atoms with Crippen LogP contribution in [0.2, 0.25) is 0 Å². The van der Waals surface area contributed by atoms with Crippen LogP contribution in [0.1, 0.15) is 33.2 Å². The maximum atomic E-state index is 12.8. The molecule has 1 fully saturated rings. The SMILES string of the molecule is CCN1CCN(C(=O)c2cccc(C(=O)Nc3cc(C)ccc3OC)c2)CC1. The van der Waals surface area contributed by atoms with Crippen LogP contribution in [-0.4, -0.2) is 61.4 Å². The molecule has 28 heavy (non-hydrogen) atoms. The number of nitrogens with zero attached hydrogens (tertiary/aromatic N) is 2. The van der Waals surface area contributed by atoms with Gasteiger partial charge in [0.2, 0.25) is 0 Å². The molecule has 1 aliphatic rings. The van der Waals surface area contributed by atoms with Crippen LogP contribution in [0, 0.1) is 6.92 Å². The summed E-state index contributed by atoms with van der Waals surface area (Å²) in [5.41, 5.74) is 2.61. The summed E-state index contributed by atoms with van der Waals surface area (Å²) < 4.78 is 5.32. The Morgan fingerprint density at radius 2 is 1.75 bits per heavy atom. The molecule has 0 aliphatic carbocycles. The molecule has 0 radical (unpaired) electrons. The first-order chi connectivity index (χ1) is 13.5. The molecule has 2 aromatic rings. The Bertz CT molecular complexity index is 858. The van der Waals surface area contributed by atoms with Gasteiger partial charge in [-0.25, -0.2) is 0 Å². The molecule has 2 aromatic carbocycles. The van der Waals surface area contributed by atoms with Crippen LogP contribution in [-0.2, 0) is 0 Å².